The number of hydrogen-bond acceptors (Lipinski definition) is 6. The Hall–Kier alpha value is -2.22. The summed E-state index contributed by atoms with van der Waals surface area (Å²) in [4.78, 5) is 29.5. The number of carbonyl (C=O) groups excluding carboxylic acids is 1. The third-order valence-electron chi connectivity index (χ3n) is 3.78. The van der Waals surface area contributed by atoms with Crippen molar-refractivity contribution in [2.45, 2.75) is 12.8 Å². The third kappa shape index (κ3) is 3.64. The van der Waals surface area contributed by atoms with Gasteiger partial charge in [0.2, 0.25) is 5.95 Å². The highest BCUT2D eigenvalue weighted by Crippen LogP contribution is 2.26. The molecule has 0 saturated carbocycles. The zero-order valence-electron chi connectivity index (χ0n) is 13.7. The molecule has 7 nitrogen and oxygen atoms in total. The zero-order chi connectivity index (χ0) is 17.1. The molecule has 2 aromatic heterocycles. The van der Waals surface area contributed by atoms with Crippen LogP contribution in [0.25, 0.3) is 0 Å². The minimum atomic E-state index is -0.246. The zero-order valence-corrected chi connectivity index (χ0v) is 15.2. The van der Waals surface area contributed by atoms with Crippen LogP contribution in [0.2, 0.25) is 0 Å². The summed E-state index contributed by atoms with van der Waals surface area (Å²) in [6.07, 6.45) is 7.15. The van der Waals surface area contributed by atoms with E-state index in [-0.39, 0.29) is 5.91 Å². The normalized spacial score (nSPS) is 13.9. The average Bonchev–Trinajstić information content (AvgIpc) is 3.09. The van der Waals surface area contributed by atoms with Crippen molar-refractivity contribution >= 4 is 39.3 Å². The summed E-state index contributed by atoms with van der Waals surface area (Å²) in [6, 6.07) is 1.72. The van der Waals surface area contributed by atoms with Crippen LogP contribution in [0, 0.1) is 0 Å². The number of rotatable bonds is 4. The van der Waals surface area contributed by atoms with Gasteiger partial charge in [0.25, 0.3) is 5.91 Å². The molecule has 0 atom stereocenters. The SMILES string of the molecule is CN(C)c1nc(N2CCCC2)ncc1NC(=O)c1cncc(Br)c1. The molecule has 1 amide bonds. The molecule has 3 heterocycles. The minimum absolute atomic E-state index is 0.246. The predicted molar refractivity (Wildman–Crippen MR) is 97.7 cm³/mol. The van der Waals surface area contributed by atoms with Crippen molar-refractivity contribution in [1.29, 1.82) is 0 Å². The van der Waals surface area contributed by atoms with Gasteiger partial charge in [0.1, 0.15) is 5.69 Å². The van der Waals surface area contributed by atoms with Crippen LogP contribution in [0.5, 0.6) is 0 Å². The van der Waals surface area contributed by atoms with Gasteiger partial charge in [0, 0.05) is 44.1 Å². The van der Waals surface area contributed by atoms with Crippen molar-refractivity contribution in [1.82, 2.24) is 15.0 Å². The highest BCUT2D eigenvalue weighted by molar-refractivity contribution is 9.10. The number of hydrogen-bond donors (Lipinski definition) is 1. The first-order chi connectivity index (χ1) is 11.5. The Morgan fingerprint density at radius 3 is 2.67 bits per heavy atom. The molecule has 0 aromatic carbocycles. The highest BCUT2D eigenvalue weighted by atomic mass is 79.9. The van der Waals surface area contributed by atoms with E-state index in [0.29, 0.717) is 23.0 Å². The molecule has 0 radical (unpaired) electrons. The fraction of sp³-hybridized carbons (Fsp3) is 0.375. The van der Waals surface area contributed by atoms with Crippen LogP contribution in [0.3, 0.4) is 0 Å². The Labute approximate surface area is 149 Å². The van der Waals surface area contributed by atoms with Crippen molar-refractivity contribution in [2.24, 2.45) is 0 Å². The van der Waals surface area contributed by atoms with Crippen molar-refractivity contribution in [2.75, 3.05) is 42.3 Å². The fourth-order valence-corrected chi connectivity index (χ4v) is 2.96. The Morgan fingerprint density at radius 1 is 1.25 bits per heavy atom. The number of anilines is 3. The second-order valence-electron chi connectivity index (χ2n) is 5.84. The van der Waals surface area contributed by atoms with Crippen LogP contribution in [0.1, 0.15) is 23.2 Å². The first-order valence-corrected chi connectivity index (χ1v) is 8.55. The quantitative estimate of drug-likeness (QED) is 0.864. The lowest BCUT2D eigenvalue weighted by molar-refractivity contribution is 0.102. The van der Waals surface area contributed by atoms with Gasteiger partial charge in [0.15, 0.2) is 5.82 Å². The van der Waals surface area contributed by atoms with Gasteiger partial charge in [0.05, 0.1) is 11.8 Å². The van der Waals surface area contributed by atoms with Crippen LogP contribution in [-0.2, 0) is 0 Å². The molecule has 126 valence electrons. The average molecular weight is 391 g/mol. The maximum atomic E-state index is 12.4. The summed E-state index contributed by atoms with van der Waals surface area (Å²) in [5, 5.41) is 2.87. The van der Waals surface area contributed by atoms with Crippen molar-refractivity contribution in [3.63, 3.8) is 0 Å². The summed E-state index contributed by atoms with van der Waals surface area (Å²) in [7, 11) is 3.79. The number of nitrogens with zero attached hydrogens (tertiary/aromatic N) is 5. The number of aromatic nitrogens is 3. The molecule has 0 spiro atoms. The van der Waals surface area contributed by atoms with Gasteiger partial charge >= 0.3 is 0 Å². The Kier molecular flexibility index (Phi) is 4.94. The van der Waals surface area contributed by atoms with Gasteiger partial charge < -0.3 is 15.1 Å². The molecular formula is C16H19BrN6O. The number of carbonyl (C=O) groups is 1. The molecule has 24 heavy (non-hydrogen) atoms. The van der Waals surface area contributed by atoms with E-state index in [1.54, 1.807) is 18.5 Å². The molecule has 0 bridgehead atoms. The summed E-state index contributed by atoms with van der Waals surface area (Å²) in [5.74, 6) is 1.14. The molecular weight excluding hydrogens is 372 g/mol. The maximum absolute atomic E-state index is 12.4. The van der Waals surface area contributed by atoms with Crippen LogP contribution < -0.4 is 15.1 Å². The third-order valence-corrected chi connectivity index (χ3v) is 4.22. The van der Waals surface area contributed by atoms with Gasteiger partial charge in [-0.1, -0.05) is 0 Å². The molecule has 2 aromatic rings. The minimum Gasteiger partial charge on any atom is -0.361 e. The van der Waals surface area contributed by atoms with E-state index in [4.69, 9.17) is 0 Å². The van der Waals surface area contributed by atoms with Gasteiger partial charge in [-0.15, -0.1) is 0 Å². The second kappa shape index (κ2) is 7.12. The lowest BCUT2D eigenvalue weighted by Crippen LogP contribution is -2.23. The van der Waals surface area contributed by atoms with E-state index in [0.717, 1.165) is 30.4 Å². The van der Waals surface area contributed by atoms with Crippen LogP contribution in [0.4, 0.5) is 17.5 Å². The van der Waals surface area contributed by atoms with E-state index < -0.39 is 0 Å². The lowest BCUT2D eigenvalue weighted by Gasteiger charge is -2.21. The first kappa shape index (κ1) is 16.6. The largest absolute Gasteiger partial charge is 0.361 e. The molecule has 0 unspecified atom stereocenters. The molecule has 1 fully saturated rings. The Balaban J connectivity index is 1.85. The van der Waals surface area contributed by atoms with Gasteiger partial charge in [-0.2, -0.15) is 4.98 Å². The van der Waals surface area contributed by atoms with E-state index in [1.807, 2.05) is 19.0 Å². The van der Waals surface area contributed by atoms with Gasteiger partial charge in [-0.25, -0.2) is 4.98 Å². The monoisotopic (exact) mass is 390 g/mol. The predicted octanol–water partition coefficient (Wildman–Crippen LogP) is 2.55. The lowest BCUT2D eigenvalue weighted by atomic mass is 10.2. The summed E-state index contributed by atoms with van der Waals surface area (Å²) in [6.45, 7) is 1.95. The Morgan fingerprint density at radius 2 is 2.00 bits per heavy atom. The molecule has 1 aliphatic rings. The number of amides is 1. The summed E-state index contributed by atoms with van der Waals surface area (Å²) in [5.41, 5.74) is 1.05. The second-order valence-corrected chi connectivity index (χ2v) is 6.76. The molecule has 1 saturated heterocycles. The number of halogens is 1. The van der Waals surface area contributed by atoms with Crippen molar-refractivity contribution in [3.05, 3.63) is 34.7 Å². The van der Waals surface area contributed by atoms with Crippen molar-refractivity contribution < 1.29 is 4.79 Å². The molecule has 0 aliphatic carbocycles. The van der Waals surface area contributed by atoms with Crippen LogP contribution >= 0.6 is 15.9 Å². The van der Waals surface area contributed by atoms with E-state index in [1.165, 1.54) is 6.20 Å². The van der Waals surface area contributed by atoms with Crippen molar-refractivity contribution in [3.8, 4) is 0 Å². The molecule has 1 N–H and O–H groups in total. The van der Waals surface area contributed by atoms with E-state index in [2.05, 4.69) is 41.1 Å². The molecule has 8 heteroatoms. The highest BCUT2D eigenvalue weighted by Gasteiger charge is 2.19. The number of pyridine rings is 1. The smallest absolute Gasteiger partial charge is 0.257 e. The van der Waals surface area contributed by atoms with Gasteiger partial charge in [-0.05, 0) is 34.8 Å². The fourth-order valence-electron chi connectivity index (χ4n) is 2.59. The van der Waals surface area contributed by atoms with E-state index in [9.17, 15) is 4.79 Å². The summed E-state index contributed by atoms with van der Waals surface area (Å²) >= 11 is 3.32. The first-order valence-electron chi connectivity index (χ1n) is 7.76. The summed E-state index contributed by atoms with van der Waals surface area (Å²) < 4.78 is 0.753. The number of nitrogens with one attached hydrogen (secondary N) is 1. The van der Waals surface area contributed by atoms with Crippen LogP contribution in [0.15, 0.2) is 29.1 Å². The molecule has 3 rings (SSSR count). The maximum Gasteiger partial charge on any atom is 0.257 e. The van der Waals surface area contributed by atoms with E-state index >= 15 is 0 Å². The van der Waals surface area contributed by atoms with Gasteiger partial charge in [-0.3, -0.25) is 9.78 Å². The molecule has 1 aliphatic heterocycles. The standard InChI is InChI=1S/C16H19BrN6O/c1-22(2)14-13(10-19-16(21-14)23-5-3-4-6-23)20-15(24)11-7-12(17)9-18-8-11/h7-10H,3-6H2,1-2H3,(H,20,24). The Bertz CT molecular complexity index is 745. The topological polar surface area (TPSA) is 74.2 Å². The van der Waals surface area contributed by atoms with Crippen LogP contribution in [-0.4, -0.2) is 48.0 Å².